The summed E-state index contributed by atoms with van der Waals surface area (Å²) in [6, 6.07) is 0. The van der Waals surface area contributed by atoms with Gasteiger partial charge in [0.05, 0.1) is 49.8 Å². The molecule has 0 unspecified atom stereocenters. The zero-order valence-electron chi connectivity index (χ0n) is 50.2. The van der Waals surface area contributed by atoms with Gasteiger partial charge in [0.2, 0.25) is 0 Å². The summed E-state index contributed by atoms with van der Waals surface area (Å²) in [6.07, 6.45) is 1.31. The second-order valence-electron chi connectivity index (χ2n) is 21.5. The first-order valence-corrected chi connectivity index (χ1v) is 26.7. The van der Waals surface area contributed by atoms with Crippen LogP contribution in [0.5, 0.6) is 0 Å². The summed E-state index contributed by atoms with van der Waals surface area (Å²) in [7, 11) is 0. The Morgan fingerprint density at radius 2 is 0.408 bits per heavy atom. The van der Waals surface area contributed by atoms with Gasteiger partial charge in [-0.3, -0.25) is 0 Å². The van der Waals surface area contributed by atoms with E-state index in [0.29, 0.717) is 74.4 Å². The summed E-state index contributed by atoms with van der Waals surface area (Å²) in [5.74, 6) is 4.27. The highest BCUT2D eigenvalue weighted by Crippen LogP contribution is 2.14. The van der Waals surface area contributed by atoms with Gasteiger partial charge in [0.1, 0.15) is 0 Å². The third-order valence-corrected chi connectivity index (χ3v) is 10.7. The first kappa shape index (κ1) is 92.9. The van der Waals surface area contributed by atoms with Crippen molar-refractivity contribution in [2.24, 2.45) is 71.0 Å². The van der Waals surface area contributed by atoms with Gasteiger partial charge in [-0.15, -0.1) is 0 Å². The van der Waals surface area contributed by atoms with Crippen molar-refractivity contribution in [2.75, 3.05) is 66.1 Å². The molecule has 71 heavy (non-hydrogen) atoms. The molecule has 0 aromatic carbocycles. The summed E-state index contributed by atoms with van der Waals surface area (Å²) < 4.78 is 0. The molecular formula is C55H130O16. The van der Waals surface area contributed by atoms with Crippen LogP contribution in [-0.2, 0) is 0 Å². The lowest BCUT2D eigenvalue weighted by Crippen LogP contribution is -2.18. The first-order chi connectivity index (χ1) is 32.5. The molecule has 0 amide bonds. The van der Waals surface area contributed by atoms with Crippen molar-refractivity contribution < 1.29 is 81.7 Å². The maximum Gasteiger partial charge on any atom is 0.0793 e. The molecule has 0 rings (SSSR count). The van der Waals surface area contributed by atoms with Crippen molar-refractivity contribution in [3.05, 3.63) is 0 Å². The summed E-state index contributed by atoms with van der Waals surface area (Å²) in [5.41, 5.74) is 0. The van der Waals surface area contributed by atoms with E-state index in [1.807, 2.05) is 96.9 Å². The van der Waals surface area contributed by atoms with Gasteiger partial charge < -0.3 is 81.7 Å². The minimum Gasteiger partial charge on any atom is -0.396 e. The quantitative estimate of drug-likeness (QED) is 0.0581. The summed E-state index contributed by atoms with van der Waals surface area (Å²) in [4.78, 5) is 0. The first-order valence-electron chi connectivity index (χ1n) is 26.7. The molecule has 8 atom stereocenters. The normalized spacial score (nSPS) is 14.0. The largest absolute Gasteiger partial charge is 0.396 e. The molecule has 0 fully saturated rings. The summed E-state index contributed by atoms with van der Waals surface area (Å²) in [5, 5.41) is 137. The molecule has 0 aliphatic rings. The van der Waals surface area contributed by atoms with Crippen LogP contribution in [0.25, 0.3) is 0 Å². The zero-order chi connectivity index (χ0) is 59.0. The Morgan fingerprint density at radius 3 is 0.437 bits per heavy atom. The van der Waals surface area contributed by atoms with Gasteiger partial charge in [-0.1, -0.05) is 138 Å². The van der Waals surface area contributed by atoms with Crippen LogP contribution in [0.15, 0.2) is 0 Å². The van der Waals surface area contributed by atoms with E-state index in [0.717, 1.165) is 6.42 Å². The number of aliphatic hydroxyl groups excluding tert-OH is 16. The fraction of sp³-hybridized carbons (Fsp3) is 1.00. The lowest BCUT2D eigenvalue weighted by Gasteiger charge is -2.15. The summed E-state index contributed by atoms with van der Waals surface area (Å²) >= 11 is 0. The van der Waals surface area contributed by atoms with Crippen LogP contribution in [-0.4, -0.2) is 184 Å². The third kappa shape index (κ3) is 99.1. The Kier molecular flexibility index (Phi) is 90.8. The second kappa shape index (κ2) is 69.4. The van der Waals surface area contributed by atoms with Crippen LogP contribution in [0.2, 0.25) is 0 Å². The van der Waals surface area contributed by atoms with Gasteiger partial charge in [0.15, 0.2) is 0 Å². The second-order valence-corrected chi connectivity index (χ2v) is 21.5. The Morgan fingerprint density at radius 1 is 0.211 bits per heavy atom. The number of hydrogen-bond acceptors (Lipinski definition) is 16. The van der Waals surface area contributed by atoms with Crippen molar-refractivity contribution in [3.63, 3.8) is 0 Å². The van der Waals surface area contributed by atoms with Crippen LogP contribution in [0.1, 0.15) is 184 Å². The van der Waals surface area contributed by atoms with E-state index in [1.54, 1.807) is 13.8 Å². The van der Waals surface area contributed by atoms with Gasteiger partial charge in [-0.2, -0.15) is 0 Å². The molecule has 16 nitrogen and oxygen atoms in total. The van der Waals surface area contributed by atoms with E-state index in [-0.39, 0.29) is 113 Å². The van der Waals surface area contributed by atoms with E-state index in [2.05, 4.69) is 41.5 Å². The van der Waals surface area contributed by atoms with Crippen molar-refractivity contribution in [1.82, 2.24) is 0 Å². The van der Waals surface area contributed by atoms with E-state index < -0.39 is 12.2 Å². The minimum atomic E-state index is -0.542. The van der Waals surface area contributed by atoms with Crippen LogP contribution in [0.4, 0.5) is 0 Å². The molecule has 0 aromatic heterocycles. The maximum absolute atomic E-state index is 8.97. The van der Waals surface area contributed by atoms with E-state index in [9.17, 15) is 0 Å². The molecule has 0 radical (unpaired) electrons. The van der Waals surface area contributed by atoms with E-state index in [4.69, 9.17) is 81.7 Å². The predicted molar refractivity (Wildman–Crippen MR) is 297 cm³/mol. The lowest BCUT2D eigenvalue weighted by molar-refractivity contribution is 0.0597. The molecule has 0 aliphatic heterocycles. The van der Waals surface area contributed by atoms with Crippen molar-refractivity contribution in [2.45, 2.75) is 221 Å². The molecule has 0 bridgehead atoms. The Hall–Kier alpha value is -0.640. The maximum atomic E-state index is 8.97. The summed E-state index contributed by atoms with van der Waals surface area (Å²) in [6.45, 7) is 44.4. The monoisotopic (exact) mass is 1050 g/mol. The van der Waals surface area contributed by atoms with Gasteiger partial charge in [-0.25, -0.2) is 0 Å². The van der Waals surface area contributed by atoms with Gasteiger partial charge in [0, 0.05) is 52.9 Å². The van der Waals surface area contributed by atoms with Crippen LogP contribution in [0, 0.1) is 71.0 Å². The van der Waals surface area contributed by atoms with Crippen molar-refractivity contribution in [1.29, 1.82) is 0 Å². The van der Waals surface area contributed by atoms with Crippen molar-refractivity contribution in [3.8, 4) is 0 Å². The topological polar surface area (TPSA) is 324 Å². The van der Waals surface area contributed by atoms with Gasteiger partial charge in [-0.05, 0) is 117 Å². The van der Waals surface area contributed by atoms with E-state index in [1.165, 1.54) is 0 Å². The fourth-order valence-electron chi connectivity index (χ4n) is 3.21. The molecule has 446 valence electrons. The fourth-order valence-corrected chi connectivity index (χ4v) is 3.21. The van der Waals surface area contributed by atoms with Crippen LogP contribution in [0.3, 0.4) is 0 Å². The highest BCUT2D eigenvalue weighted by Gasteiger charge is 2.11. The Balaban J connectivity index is -0.0000000731. The molecular weight excluding hydrogens is 917 g/mol. The van der Waals surface area contributed by atoms with Crippen molar-refractivity contribution >= 4 is 0 Å². The smallest absolute Gasteiger partial charge is 0.0793 e. The van der Waals surface area contributed by atoms with Crippen LogP contribution < -0.4 is 0 Å². The molecule has 0 spiro atoms. The Bertz CT molecular complexity index is 802. The standard InChI is InChI=1S/2C7H16O2.2C6H14O2.2C5H12O2.3C5H12O.C4H10O/c2*1-6(2)7(5-9)3-4-8;2*1-5(2)6(8)3-4-7;2*1-4(2)5(7)3-6;1-5(2)3-4-6;2*1-4(2)5(3)6;1-4(2)3-5/h2*6-9H,3-5H2,1-2H3;2*5-8H,3-4H2,1-2H3;2*4-7H,3H2,1-2H3;5-6H,3-4H2,1-2H3;2*4-6H,1-3H3;4-5H,3H2,1-2H3/t2*7-;2*6-;2*5-;;2*5-;/m101010.10./s1. The molecule has 0 aliphatic carbocycles. The molecule has 16 heteroatoms. The average molecular weight is 1050 g/mol. The van der Waals surface area contributed by atoms with Crippen LogP contribution >= 0.6 is 0 Å². The molecule has 16 N–H and O–H groups in total. The molecule has 0 saturated carbocycles. The Labute approximate surface area is 438 Å². The van der Waals surface area contributed by atoms with E-state index >= 15 is 0 Å². The average Bonchev–Trinajstić information content (AvgIpc) is 3.28. The number of hydrogen-bond donors (Lipinski definition) is 16. The highest BCUT2D eigenvalue weighted by molar-refractivity contribution is 4.62. The SMILES string of the molecule is CC(C)CCO.CC(C)CO.CC(C)[C@@H](C)O.CC(C)[C@@H](CO)CCO.CC(C)[C@@H](O)CCO.CC(C)[C@@H](O)CO.CC(C)[C@H](C)O.CC(C)[C@H](CO)CCO.CC(C)[C@H](O)CCO.CC(C)[C@H](O)CO. The predicted octanol–water partition coefficient (Wildman–Crippen LogP) is 5.74. The van der Waals surface area contributed by atoms with Gasteiger partial charge >= 0.3 is 0 Å². The van der Waals surface area contributed by atoms with Gasteiger partial charge in [0.25, 0.3) is 0 Å². The molecule has 0 aromatic rings. The zero-order valence-corrected chi connectivity index (χ0v) is 50.2. The highest BCUT2D eigenvalue weighted by atomic mass is 16.3. The molecule has 0 heterocycles. The number of rotatable bonds is 23. The number of aliphatic hydroxyl groups is 16. The minimum absolute atomic E-state index is 0.0827. The lowest BCUT2D eigenvalue weighted by atomic mass is 9.94. The third-order valence-electron chi connectivity index (χ3n) is 10.7. The molecule has 0 saturated heterocycles.